The van der Waals surface area contributed by atoms with Crippen molar-refractivity contribution in [2.24, 2.45) is 0 Å². The molecule has 0 saturated carbocycles. The third-order valence-corrected chi connectivity index (χ3v) is 3.95. The second kappa shape index (κ2) is 7.31. The van der Waals surface area contributed by atoms with Crippen LogP contribution < -0.4 is 5.32 Å². The Bertz CT molecular complexity index is 208. The van der Waals surface area contributed by atoms with Gasteiger partial charge in [0, 0.05) is 19.2 Å². The molecule has 1 aliphatic heterocycles. The molecule has 0 aliphatic carbocycles. The normalized spacial score (nSPS) is 25.8. The fraction of sp³-hybridized carbons (Fsp3) is 1.00. The maximum atomic E-state index is 9.31. The number of nitrogens with zero attached hydrogens (tertiary/aromatic N) is 1. The third-order valence-electron chi connectivity index (χ3n) is 3.95. The number of nitrogens with one attached hydrogen (secondary N) is 1. The van der Waals surface area contributed by atoms with E-state index in [1.807, 2.05) is 7.05 Å². The molecule has 17 heavy (non-hydrogen) atoms. The number of aliphatic hydroxyl groups excluding tert-OH is 1. The molecule has 2 N–H and O–H groups in total. The van der Waals surface area contributed by atoms with E-state index in [1.165, 1.54) is 19.4 Å². The van der Waals surface area contributed by atoms with Crippen LogP contribution >= 0.6 is 0 Å². The maximum absolute atomic E-state index is 9.31. The highest BCUT2D eigenvalue weighted by molar-refractivity contribution is 4.81. The molecule has 0 aromatic heterocycles. The average molecular weight is 244 g/mol. The summed E-state index contributed by atoms with van der Waals surface area (Å²) in [7, 11) is 3.72. The lowest BCUT2D eigenvalue weighted by Gasteiger charge is -2.33. The zero-order chi connectivity index (χ0) is 12.7. The molecule has 1 saturated heterocycles. The molecule has 102 valence electrons. The Morgan fingerprint density at radius 1 is 1.53 bits per heavy atom. The average Bonchev–Trinajstić information content (AvgIpc) is 2.39. The number of likely N-dealkylation sites (tertiary alicyclic amines) is 1. The van der Waals surface area contributed by atoms with E-state index in [0.717, 1.165) is 25.9 Å². The smallest absolute Gasteiger partial charge is 0.0698 e. The predicted octanol–water partition coefficient (Wildman–Crippen LogP) is 0.848. The minimum atomic E-state index is -0.129. The lowest BCUT2D eigenvalue weighted by atomic mass is 9.96. The van der Waals surface area contributed by atoms with Crippen LogP contribution in [0.2, 0.25) is 0 Å². The summed E-state index contributed by atoms with van der Waals surface area (Å²) in [6, 6.07) is 0. The Balaban J connectivity index is 2.21. The monoisotopic (exact) mass is 244 g/mol. The van der Waals surface area contributed by atoms with Gasteiger partial charge in [-0.2, -0.15) is 0 Å². The van der Waals surface area contributed by atoms with Crippen LogP contribution in [0, 0.1) is 0 Å². The number of aliphatic hydroxyl groups is 1. The first-order valence-electron chi connectivity index (χ1n) is 6.68. The SMILES string of the molecule is CNC(C)(CO)CCCN1CCCC(OC)C1. The van der Waals surface area contributed by atoms with Crippen LogP contribution in [0.15, 0.2) is 0 Å². The van der Waals surface area contributed by atoms with Crippen LogP contribution in [0.4, 0.5) is 0 Å². The number of piperidine rings is 1. The summed E-state index contributed by atoms with van der Waals surface area (Å²) in [6.45, 7) is 5.63. The molecule has 0 aromatic rings. The molecular weight excluding hydrogens is 216 g/mol. The molecule has 0 aromatic carbocycles. The van der Waals surface area contributed by atoms with E-state index >= 15 is 0 Å². The van der Waals surface area contributed by atoms with Crippen molar-refractivity contribution in [1.82, 2.24) is 10.2 Å². The molecule has 1 aliphatic rings. The number of hydrogen-bond acceptors (Lipinski definition) is 4. The van der Waals surface area contributed by atoms with Crippen molar-refractivity contribution in [2.45, 2.75) is 44.2 Å². The van der Waals surface area contributed by atoms with Crippen LogP contribution in [0.3, 0.4) is 0 Å². The maximum Gasteiger partial charge on any atom is 0.0698 e. The van der Waals surface area contributed by atoms with Crippen molar-refractivity contribution >= 4 is 0 Å². The largest absolute Gasteiger partial charge is 0.394 e. The van der Waals surface area contributed by atoms with E-state index < -0.39 is 0 Å². The Hall–Kier alpha value is -0.160. The van der Waals surface area contributed by atoms with Crippen LogP contribution in [0.5, 0.6) is 0 Å². The second-order valence-electron chi connectivity index (χ2n) is 5.37. The molecule has 2 atom stereocenters. The molecule has 4 nitrogen and oxygen atoms in total. The summed E-state index contributed by atoms with van der Waals surface area (Å²) in [6.07, 6.45) is 4.97. The van der Waals surface area contributed by atoms with Gasteiger partial charge in [-0.05, 0) is 52.7 Å². The predicted molar refractivity (Wildman–Crippen MR) is 70.3 cm³/mol. The first-order chi connectivity index (χ1) is 8.13. The quantitative estimate of drug-likeness (QED) is 0.697. The molecule has 1 heterocycles. The summed E-state index contributed by atoms with van der Waals surface area (Å²) >= 11 is 0. The molecule has 0 spiro atoms. The summed E-state index contributed by atoms with van der Waals surface area (Å²) < 4.78 is 5.42. The van der Waals surface area contributed by atoms with Gasteiger partial charge in [0.2, 0.25) is 0 Å². The van der Waals surface area contributed by atoms with Crippen molar-refractivity contribution in [3.8, 4) is 0 Å². The van der Waals surface area contributed by atoms with Gasteiger partial charge in [0.1, 0.15) is 0 Å². The number of ether oxygens (including phenoxy) is 1. The van der Waals surface area contributed by atoms with E-state index in [-0.39, 0.29) is 12.1 Å². The highest BCUT2D eigenvalue weighted by Gasteiger charge is 2.22. The van der Waals surface area contributed by atoms with Gasteiger partial charge in [0.25, 0.3) is 0 Å². The van der Waals surface area contributed by atoms with Gasteiger partial charge in [-0.3, -0.25) is 0 Å². The van der Waals surface area contributed by atoms with Gasteiger partial charge in [-0.1, -0.05) is 0 Å². The molecule has 1 rings (SSSR count). The molecule has 0 radical (unpaired) electrons. The van der Waals surface area contributed by atoms with Crippen molar-refractivity contribution in [3.05, 3.63) is 0 Å². The van der Waals surface area contributed by atoms with Gasteiger partial charge in [-0.15, -0.1) is 0 Å². The Morgan fingerprint density at radius 2 is 2.29 bits per heavy atom. The van der Waals surface area contributed by atoms with Gasteiger partial charge >= 0.3 is 0 Å². The molecule has 2 unspecified atom stereocenters. The molecule has 1 fully saturated rings. The van der Waals surface area contributed by atoms with Crippen molar-refractivity contribution in [3.63, 3.8) is 0 Å². The topological polar surface area (TPSA) is 44.7 Å². The summed E-state index contributed by atoms with van der Waals surface area (Å²) in [5.74, 6) is 0. The number of hydrogen-bond donors (Lipinski definition) is 2. The first-order valence-corrected chi connectivity index (χ1v) is 6.68. The summed E-state index contributed by atoms with van der Waals surface area (Å²) in [5.41, 5.74) is -0.129. The molecule has 0 amide bonds. The van der Waals surface area contributed by atoms with E-state index in [2.05, 4.69) is 17.1 Å². The van der Waals surface area contributed by atoms with Gasteiger partial charge in [0.15, 0.2) is 0 Å². The molecular formula is C13H28N2O2. The van der Waals surface area contributed by atoms with Crippen LogP contribution in [-0.4, -0.2) is 62.0 Å². The van der Waals surface area contributed by atoms with Crippen LogP contribution in [-0.2, 0) is 4.74 Å². The second-order valence-corrected chi connectivity index (χ2v) is 5.37. The van der Waals surface area contributed by atoms with Gasteiger partial charge < -0.3 is 20.1 Å². The zero-order valence-electron chi connectivity index (χ0n) is 11.5. The molecule has 0 bridgehead atoms. The highest BCUT2D eigenvalue weighted by atomic mass is 16.5. The first kappa shape index (κ1) is 14.9. The van der Waals surface area contributed by atoms with Crippen LogP contribution in [0.1, 0.15) is 32.6 Å². The van der Waals surface area contributed by atoms with Crippen molar-refractivity contribution in [1.29, 1.82) is 0 Å². The van der Waals surface area contributed by atoms with E-state index in [1.54, 1.807) is 7.11 Å². The Morgan fingerprint density at radius 3 is 2.88 bits per heavy atom. The van der Waals surface area contributed by atoms with Gasteiger partial charge in [0.05, 0.1) is 12.7 Å². The van der Waals surface area contributed by atoms with Gasteiger partial charge in [-0.25, -0.2) is 0 Å². The zero-order valence-corrected chi connectivity index (χ0v) is 11.5. The van der Waals surface area contributed by atoms with Crippen LogP contribution in [0.25, 0.3) is 0 Å². The fourth-order valence-corrected chi connectivity index (χ4v) is 2.38. The Kier molecular flexibility index (Phi) is 6.41. The van der Waals surface area contributed by atoms with Crippen molar-refractivity contribution in [2.75, 3.05) is 40.4 Å². The highest BCUT2D eigenvalue weighted by Crippen LogP contribution is 2.15. The van der Waals surface area contributed by atoms with E-state index in [4.69, 9.17) is 4.74 Å². The number of likely N-dealkylation sites (N-methyl/N-ethyl adjacent to an activating group) is 1. The van der Waals surface area contributed by atoms with E-state index in [0.29, 0.717) is 6.10 Å². The standard InChI is InChI=1S/C13H28N2O2/c1-13(11-16,14-2)7-5-9-15-8-4-6-12(10-15)17-3/h12,14,16H,4-11H2,1-3H3. The minimum absolute atomic E-state index is 0.129. The molecule has 4 heteroatoms. The van der Waals surface area contributed by atoms with E-state index in [9.17, 15) is 5.11 Å². The number of methoxy groups -OCH3 is 1. The number of rotatable bonds is 7. The Labute approximate surface area is 105 Å². The summed E-state index contributed by atoms with van der Waals surface area (Å²) in [5, 5.41) is 12.5. The minimum Gasteiger partial charge on any atom is -0.394 e. The van der Waals surface area contributed by atoms with Crippen molar-refractivity contribution < 1.29 is 9.84 Å². The lowest BCUT2D eigenvalue weighted by molar-refractivity contribution is 0.0298. The third kappa shape index (κ3) is 4.92. The summed E-state index contributed by atoms with van der Waals surface area (Å²) in [4.78, 5) is 2.48. The lowest BCUT2D eigenvalue weighted by Crippen LogP contribution is -2.45. The fourth-order valence-electron chi connectivity index (χ4n) is 2.38.